The van der Waals surface area contributed by atoms with Crippen molar-refractivity contribution in [3.05, 3.63) is 12.7 Å². The van der Waals surface area contributed by atoms with Gasteiger partial charge in [-0.25, -0.2) is 0 Å². The summed E-state index contributed by atoms with van der Waals surface area (Å²) in [7, 11) is 0. The van der Waals surface area contributed by atoms with Crippen LogP contribution in [0.1, 0.15) is 19.8 Å². The van der Waals surface area contributed by atoms with E-state index in [2.05, 4.69) is 6.58 Å². The zero-order valence-corrected chi connectivity index (χ0v) is 8.43. The summed E-state index contributed by atoms with van der Waals surface area (Å²) in [4.78, 5) is 0. The summed E-state index contributed by atoms with van der Waals surface area (Å²) < 4.78 is 24.4. The van der Waals surface area contributed by atoms with E-state index in [1.807, 2.05) is 0 Å². The molecule has 0 aromatic heterocycles. The molecule has 1 unspecified atom stereocenters. The molecule has 0 aliphatic carbocycles. The number of hydrogen-bond donors (Lipinski definition) is 0. The van der Waals surface area contributed by atoms with Gasteiger partial charge in [-0.2, -0.15) is 8.78 Å². The molecule has 0 heterocycles. The van der Waals surface area contributed by atoms with Crippen LogP contribution in [0.4, 0.5) is 8.78 Å². The lowest BCUT2D eigenvalue weighted by atomic mass is 9.88. The summed E-state index contributed by atoms with van der Waals surface area (Å²) in [6.07, 6.45) is 1.46. The first-order chi connectivity index (χ1) is 5.33. The molecule has 0 spiro atoms. The van der Waals surface area contributed by atoms with Gasteiger partial charge in [-0.1, -0.05) is 13.0 Å². The molecule has 0 aliphatic heterocycles. The minimum atomic E-state index is -3.13. The molecule has 0 amide bonds. The summed E-state index contributed by atoms with van der Waals surface area (Å²) in [5.74, 6) is 0.281. The summed E-state index contributed by atoms with van der Waals surface area (Å²) >= 11 is 10.3. The Labute approximate surface area is 81.5 Å². The maximum Gasteiger partial charge on any atom is 0.321 e. The van der Waals surface area contributed by atoms with Gasteiger partial charge in [-0.3, -0.25) is 0 Å². The molecule has 0 aromatic carbocycles. The Bertz CT molecular complexity index is 154. The molecule has 0 aromatic rings. The quantitative estimate of drug-likeness (QED) is 0.481. The Morgan fingerprint density at radius 3 is 2.17 bits per heavy atom. The highest BCUT2D eigenvalue weighted by atomic mass is 35.5. The molecule has 72 valence electrons. The van der Waals surface area contributed by atoms with Crippen LogP contribution in [0.2, 0.25) is 0 Å². The van der Waals surface area contributed by atoms with E-state index in [1.54, 1.807) is 13.0 Å². The van der Waals surface area contributed by atoms with Gasteiger partial charge in [0, 0.05) is 12.3 Å². The van der Waals surface area contributed by atoms with Gasteiger partial charge >= 0.3 is 5.38 Å². The van der Waals surface area contributed by atoms with Crippen molar-refractivity contribution in [2.75, 3.05) is 5.88 Å². The third-order valence-corrected chi connectivity index (χ3v) is 2.58. The van der Waals surface area contributed by atoms with E-state index >= 15 is 0 Å². The van der Waals surface area contributed by atoms with Gasteiger partial charge in [0.05, 0.1) is 0 Å². The van der Waals surface area contributed by atoms with Gasteiger partial charge in [0.1, 0.15) is 0 Å². The van der Waals surface area contributed by atoms with Crippen LogP contribution in [0, 0.1) is 5.41 Å². The van der Waals surface area contributed by atoms with E-state index in [-0.39, 0.29) is 18.7 Å². The highest BCUT2D eigenvalue weighted by molar-refractivity contribution is 6.21. The number of halogens is 4. The fourth-order valence-electron chi connectivity index (χ4n) is 0.651. The largest absolute Gasteiger partial charge is 0.321 e. The molecule has 4 heteroatoms. The molecule has 0 saturated heterocycles. The summed E-state index contributed by atoms with van der Waals surface area (Å²) in [6.45, 7) is 5.31. The molecular formula is C8H12Cl2F2. The smallest absolute Gasteiger partial charge is 0.188 e. The van der Waals surface area contributed by atoms with Crippen molar-refractivity contribution >= 4 is 23.2 Å². The second-order valence-electron chi connectivity index (χ2n) is 3.11. The van der Waals surface area contributed by atoms with Gasteiger partial charge in [0.2, 0.25) is 0 Å². The minimum absolute atomic E-state index is 0.247. The summed E-state index contributed by atoms with van der Waals surface area (Å²) in [5, 5.41) is -3.13. The first-order valence-corrected chi connectivity index (χ1v) is 4.50. The normalized spacial score (nSPS) is 17.1. The molecular weight excluding hydrogens is 205 g/mol. The van der Waals surface area contributed by atoms with Crippen molar-refractivity contribution in [2.24, 2.45) is 5.41 Å². The van der Waals surface area contributed by atoms with E-state index in [0.717, 1.165) is 0 Å². The zero-order chi connectivity index (χ0) is 9.83. The predicted molar refractivity (Wildman–Crippen MR) is 49.1 cm³/mol. The Morgan fingerprint density at radius 1 is 1.42 bits per heavy atom. The second-order valence-corrected chi connectivity index (χ2v) is 3.93. The summed E-state index contributed by atoms with van der Waals surface area (Å²) in [5.41, 5.74) is -0.445. The average molecular weight is 217 g/mol. The number of alkyl halides is 4. The van der Waals surface area contributed by atoms with Crippen LogP contribution < -0.4 is 0 Å². The Morgan fingerprint density at radius 2 is 1.92 bits per heavy atom. The average Bonchev–Trinajstić information content (AvgIpc) is 1.99. The van der Waals surface area contributed by atoms with E-state index in [1.165, 1.54) is 0 Å². The van der Waals surface area contributed by atoms with Gasteiger partial charge in [0.15, 0.2) is 0 Å². The van der Waals surface area contributed by atoms with Gasteiger partial charge < -0.3 is 0 Å². The van der Waals surface area contributed by atoms with Crippen molar-refractivity contribution in [1.29, 1.82) is 0 Å². The molecule has 0 nitrogen and oxygen atoms in total. The second kappa shape index (κ2) is 4.43. The SMILES string of the molecule is C=CC(C)(CCl)CCC(F)(F)Cl. The molecule has 12 heavy (non-hydrogen) atoms. The number of hydrogen-bond acceptors (Lipinski definition) is 0. The Hall–Kier alpha value is 0.180. The minimum Gasteiger partial charge on any atom is -0.188 e. The number of allylic oxidation sites excluding steroid dienone is 1. The lowest BCUT2D eigenvalue weighted by molar-refractivity contribution is 0.0748. The van der Waals surface area contributed by atoms with Crippen LogP contribution in [0.5, 0.6) is 0 Å². The third kappa shape index (κ3) is 4.94. The Balaban J connectivity index is 3.98. The molecule has 0 N–H and O–H groups in total. The number of rotatable bonds is 5. The first kappa shape index (κ1) is 12.2. The summed E-state index contributed by atoms with van der Waals surface area (Å²) in [6, 6.07) is 0. The van der Waals surface area contributed by atoms with Crippen LogP contribution in [0.15, 0.2) is 12.7 Å². The lowest BCUT2D eigenvalue weighted by Crippen LogP contribution is -2.19. The standard InChI is InChI=1S/C8H12Cl2F2/c1-3-7(2,6-9)4-5-8(10,11)12/h3H,1,4-6H2,2H3. The zero-order valence-electron chi connectivity index (χ0n) is 6.92. The van der Waals surface area contributed by atoms with Crippen LogP contribution in [-0.2, 0) is 0 Å². The van der Waals surface area contributed by atoms with E-state index in [9.17, 15) is 8.78 Å². The molecule has 1 atom stereocenters. The maximum atomic E-state index is 12.2. The Kier molecular flexibility index (Phi) is 4.49. The topological polar surface area (TPSA) is 0 Å². The van der Waals surface area contributed by atoms with Crippen LogP contribution in [0.3, 0.4) is 0 Å². The molecule has 0 bridgehead atoms. The third-order valence-electron chi connectivity index (χ3n) is 1.78. The van der Waals surface area contributed by atoms with Crippen molar-refractivity contribution in [1.82, 2.24) is 0 Å². The molecule has 0 rings (SSSR count). The van der Waals surface area contributed by atoms with Crippen LogP contribution >= 0.6 is 23.2 Å². The lowest BCUT2D eigenvalue weighted by Gasteiger charge is -2.23. The first-order valence-electron chi connectivity index (χ1n) is 3.59. The van der Waals surface area contributed by atoms with Gasteiger partial charge in [-0.05, 0) is 23.4 Å². The monoisotopic (exact) mass is 216 g/mol. The molecule has 0 fully saturated rings. The molecule has 0 saturated carbocycles. The van der Waals surface area contributed by atoms with Crippen molar-refractivity contribution < 1.29 is 8.78 Å². The highest BCUT2D eigenvalue weighted by Gasteiger charge is 2.29. The van der Waals surface area contributed by atoms with Gasteiger partial charge in [0.25, 0.3) is 0 Å². The van der Waals surface area contributed by atoms with E-state index < -0.39 is 10.8 Å². The van der Waals surface area contributed by atoms with E-state index in [0.29, 0.717) is 0 Å². The fraction of sp³-hybridized carbons (Fsp3) is 0.750. The van der Waals surface area contributed by atoms with Gasteiger partial charge in [-0.15, -0.1) is 18.2 Å². The highest BCUT2D eigenvalue weighted by Crippen LogP contribution is 2.33. The predicted octanol–water partition coefficient (Wildman–Crippen LogP) is 4.03. The fourth-order valence-corrected chi connectivity index (χ4v) is 0.988. The molecule has 0 radical (unpaired) electrons. The van der Waals surface area contributed by atoms with Crippen molar-refractivity contribution in [3.8, 4) is 0 Å². The van der Waals surface area contributed by atoms with Crippen LogP contribution in [-0.4, -0.2) is 11.3 Å². The molecule has 0 aliphatic rings. The van der Waals surface area contributed by atoms with Crippen LogP contribution in [0.25, 0.3) is 0 Å². The van der Waals surface area contributed by atoms with E-state index in [4.69, 9.17) is 23.2 Å². The van der Waals surface area contributed by atoms with Crippen molar-refractivity contribution in [2.45, 2.75) is 25.1 Å². The maximum absolute atomic E-state index is 12.2. The van der Waals surface area contributed by atoms with Crippen molar-refractivity contribution in [3.63, 3.8) is 0 Å².